The number of ether oxygens (including phenoxy) is 2. The SMILES string of the molecule is CCCCCCC(CCCC)COC(=O)CCCCCCCCC(CCCCCCCCC(=O)OCC(CCCC)CCCCCC)N(CC(CC)CCCC)C(=O)CCCN(C)C. The Labute approximate surface area is 399 Å². The molecule has 0 aliphatic rings. The Kier molecular flexibility index (Phi) is 45.3. The average Bonchev–Trinajstić information content (AvgIpc) is 3.28. The van der Waals surface area contributed by atoms with Crippen LogP contribution in [0, 0.1) is 17.8 Å². The lowest BCUT2D eigenvalue weighted by Crippen LogP contribution is -2.43. The maximum atomic E-state index is 14.0. The van der Waals surface area contributed by atoms with Gasteiger partial charge in [-0.1, -0.05) is 202 Å². The van der Waals surface area contributed by atoms with Crippen LogP contribution in [0.1, 0.15) is 286 Å². The molecule has 0 bridgehead atoms. The maximum Gasteiger partial charge on any atom is 0.305 e. The van der Waals surface area contributed by atoms with Gasteiger partial charge < -0.3 is 19.3 Å². The Morgan fingerprint density at radius 3 is 1.16 bits per heavy atom. The normalized spacial score (nSPS) is 13.5. The zero-order valence-electron chi connectivity index (χ0n) is 44.4. The first-order valence-electron chi connectivity index (χ1n) is 28.4. The average molecular weight is 906 g/mol. The van der Waals surface area contributed by atoms with Crippen molar-refractivity contribution < 1.29 is 23.9 Å². The van der Waals surface area contributed by atoms with Crippen LogP contribution in [0.15, 0.2) is 0 Å². The molecule has 0 spiro atoms. The van der Waals surface area contributed by atoms with Crippen LogP contribution in [0.5, 0.6) is 0 Å². The molecule has 7 nitrogen and oxygen atoms in total. The van der Waals surface area contributed by atoms with Crippen LogP contribution >= 0.6 is 0 Å². The summed E-state index contributed by atoms with van der Waals surface area (Å²) in [5.74, 6) is 1.96. The summed E-state index contributed by atoms with van der Waals surface area (Å²) >= 11 is 0. The van der Waals surface area contributed by atoms with E-state index in [4.69, 9.17) is 9.47 Å². The molecule has 0 saturated carbocycles. The number of hydrogen-bond donors (Lipinski definition) is 0. The highest BCUT2D eigenvalue weighted by Gasteiger charge is 2.26. The van der Waals surface area contributed by atoms with E-state index in [2.05, 4.69) is 65.4 Å². The molecule has 0 aromatic carbocycles. The number of unbranched alkanes of at least 4 members (excludes halogenated alkanes) is 19. The second kappa shape index (κ2) is 46.5. The highest BCUT2D eigenvalue weighted by molar-refractivity contribution is 5.76. The van der Waals surface area contributed by atoms with Gasteiger partial charge >= 0.3 is 11.9 Å². The minimum absolute atomic E-state index is 0.00729. The predicted molar refractivity (Wildman–Crippen MR) is 276 cm³/mol. The number of amides is 1. The van der Waals surface area contributed by atoms with Gasteiger partial charge in [-0.2, -0.15) is 0 Å². The second-order valence-corrected chi connectivity index (χ2v) is 20.4. The third-order valence-electron chi connectivity index (χ3n) is 13.9. The van der Waals surface area contributed by atoms with E-state index in [1.807, 2.05) is 0 Å². The van der Waals surface area contributed by atoms with E-state index in [9.17, 15) is 14.4 Å². The number of nitrogens with zero attached hydrogens (tertiary/aromatic N) is 2. The Balaban J connectivity index is 5.06. The Morgan fingerprint density at radius 1 is 0.391 bits per heavy atom. The number of esters is 2. The van der Waals surface area contributed by atoms with Crippen LogP contribution < -0.4 is 0 Å². The molecular formula is C57H112N2O5. The first-order valence-corrected chi connectivity index (χ1v) is 28.4. The van der Waals surface area contributed by atoms with Crippen molar-refractivity contribution in [2.75, 3.05) is 40.4 Å². The number of carbonyl (C=O) groups is 3. The molecule has 0 aliphatic heterocycles. The van der Waals surface area contributed by atoms with E-state index < -0.39 is 0 Å². The molecule has 0 aromatic rings. The highest BCUT2D eigenvalue weighted by Crippen LogP contribution is 2.25. The Hall–Kier alpha value is -1.63. The van der Waals surface area contributed by atoms with Crippen molar-refractivity contribution in [2.45, 2.75) is 292 Å². The van der Waals surface area contributed by atoms with Gasteiger partial charge in [0.25, 0.3) is 0 Å². The van der Waals surface area contributed by atoms with Gasteiger partial charge in [0, 0.05) is 31.8 Å². The first-order chi connectivity index (χ1) is 31.1. The van der Waals surface area contributed by atoms with Crippen LogP contribution in [0.25, 0.3) is 0 Å². The van der Waals surface area contributed by atoms with Gasteiger partial charge in [0.2, 0.25) is 5.91 Å². The third-order valence-corrected chi connectivity index (χ3v) is 13.9. The molecular weight excluding hydrogens is 793 g/mol. The summed E-state index contributed by atoms with van der Waals surface area (Å²) in [5, 5.41) is 0. The highest BCUT2D eigenvalue weighted by atomic mass is 16.5. The van der Waals surface area contributed by atoms with Gasteiger partial charge in [0.05, 0.1) is 13.2 Å². The van der Waals surface area contributed by atoms with Crippen LogP contribution in [0.2, 0.25) is 0 Å². The molecule has 0 aliphatic carbocycles. The summed E-state index contributed by atoms with van der Waals surface area (Å²) in [4.78, 5) is 43.8. The molecule has 3 atom stereocenters. The molecule has 380 valence electrons. The van der Waals surface area contributed by atoms with Gasteiger partial charge in [0.15, 0.2) is 0 Å². The quantitative estimate of drug-likeness (QED) is 0.0447. The molecule has 0 rings (SSSR count). The Morgan fingerprint density at radius 2 is 0.750 bits per heavy atom. The Bertz CT molecular complexity index is 979. The fourth-order valence-corrected chi connectivity index (χ4v) is 9.40. The van der Waals surface area contributed by atoms with E-state index in [1.165, 1.54) is 148 Å². The van der Waals surface area contributed by atoms with Crippen molar-refractivity contribution >= 4 is 17.8 Å². The molecule has 0 aromatic heterocycles. The van der Waals surface area contributed by atoms with Crippen LogP contribution in [0.3, 0.4) is 0 Å². The van der Waals surface area contributed by atoms with Crippen molar-refractivity contribution in [1.82, 2.24) is 9.80 Å². The molecule has 1 amide bonds. The number of hydrogen-bond acceptors (Lipinski definition) is 6. The topological polar surface area (TPSA) is 76.2 Å². The molecule has 0 heterocycles. The van der Waals surface area contributed by atoms with Crippen molar-refractivity contribution in [3.8, 4) is 0 Å². The van der Waals surface area contributed by atoms with Crippen LogP contribution in [-0.2, 0) is 23.9 Å². The zero-order valence-corrected chi connectivity index (χ0v) is 44.4. The maximum absolute atomic E-state index is 14.0. The fraction of sp³-hybridized carbons (Fsp3) is 0.947. The molecule has 3 unspecified atom stereocenters. The van der Waals surface area contributed by atoms with Crippen molar-refractivity contribution in [3.05, 3.63) is 0 Å². The van der Waals surface area contributed by atoms with Gasteiger partial charge in [-0.15, -0.1) is 0 Å². The number of carbonyl (C=O) groups excluding carboxylic acids is 3. The summed E-state index contributed by atoms with van der Waals surface area (Å²) < 4.78 is 11.6. The van der Waals surface area contributed by atoms with Gasteiger partial charge in [-0.3, -0.25) is 14.4 Å². The molecule has 0 radical (unpaired) electrons. The monoisotopic (exact) mass is 905 g/mol. The lowest BCUT2D eigenvalue weighted by Gasteiger charge is -2.35. The first kappa shape index (κ1) is 62.4. The van der Waals surface area contributed by atoms with E-state index in [0.717, 1.165) is 90.1 Å². The predicted octanol–water partition coefficient (Wildman–Crippen LogP) is 16.6. The van der Waals surface area contributed by atoms with Crippen LogP contribution in [0.4, 0.5) is 0 Å². The van der Waals surface area contributed by atoms with E-state index in [-0.39, 0.29) is 11.9 Å². The van der Waals surface area contributed by atoms with E-state index in [0.29, 0.717) is 62.2 Å². The summed E-state index contributed by atoms with van der Waals surface area (Å²) in [6.45, 7) is 16.7. The van der Waals surface area contributed by atoms with Gasteiger partial charge in [-0.05, 0) is 103 Å². The minimum atomic E-state index is -0.00729. The standard InChI is InChI=1S/C57H112N2O5/c1-9-15-20-30-40-52(38-18-12-4)49-63-56(61)45-34-28-24-22-26-32-42-54(59(48-51(14-6)37-17-11-3)55(60)44-36-47-58(7)8)43-33-27-23-25-29-35-46-57(62)64-50-53(39-19-13-5)41-31-21-16-10-2/h51-54H,9-50H2,1-8H3. The lowest BCUT2D eigenvalue weighted by atomic mass is 9.94. The lowest BCUT2D eigenvalue weighted by molar-refractivity contribution is -0.146. The number of rotatable bonds is 49. The van der Waals surface area contributed by atoms with Crippen molar-refractivity contribution in [3.63, 3.8) is 0 Å². The third kappa shape index (κ3) is 38.5. The van der Waals surface area contributed by atoms with E-state index in [1.54, 1.807) is 0 Å². The minimum Gasteiger partial charge on any atom is -0.465 e. The van der Waals surface area contributed by atoms with Gasteiger partial charge in [0.1, 0.15) is 0 Å². The summed E-state index contributed by atoms with van der Waals surface area (Å²) in [7, 11) is 4.20. The van der Waals surface area contributed by atoms with E-state index >= 15 is 0 Å². The van der Waals surface area contributed by atoms with Crippen LogP contribution in [-0.4, -0.2) is 74.1 Å². The summed E-state index contributed by atoms with van der Waals surface area (Å²) in [6.07, 6.45) is 42.8. The molecule has 0 saturated heterocycles. The van der Waals surface area contributed by atoms with Crippen molar-refractivity contribution in [2.24, 2.45) is 17.8 Å². The molecule has 64 heavy (non-hydrogen) atoms. The smallest absolute Gasteiger partial charge is 0.305 e. The fourth-order valence-electron chi connectivity index (χ4n) is 9.40. The summed E-state index contributed by atoms with van der Waals surface area (Å²) in [5.41, 5.74) is 0. The molecule has 0 fully saturated rings. The largest absolute Gasteiger partial charge is 0.465 e. The van der Waals surface area contributed by atoms with Crippen molar-refractivity contribution in [1.29, 1.82) is 0 Å². The summed E-state index contributed by atoms with van der Waals surface area (Å²) in [6, 6.07) is 0.313. The second-order valence-electron chi connectivity index (χ2n) is 20.4. The zero-order chi connectivity index (χ0) is 47.3. The van der Waals surface area contributed by atoms with Gasteiger partial charge in [-0.25, -0.2) is 0 Å². The molecule has 0 N–H and O–H groups in total. The molecule has 7 heteroatoms.